The van der Waals surface area contributed by atoms with Crippen LogP contribution in [0.5, 0.6) is 0 Å². The van der Waals surface area contributed by atoms with Crippen molar-refractivity contribution in [3.63, 3.8) is 0 Å². The van der Waals surface area contributed by atoms with Gasteiger partial charge < -0.3 is 9.05 Å². The molecule has 92 valence electrons. The van der Waals surface area contributed by atoms with Gasteiger partial charge in [-0.05, 0) is 13.8 Å². The second kappa shape index (κ2) is 7.18. The quantitative estimate of drug-likeness (QED) is 0.639. The zero-order valence-corrected chi connectivity index (χ0v) is 11.5. The maximum atomic E-state index is 5.96. The van der Waals surface area contributed by atoms with Gasteiger partial charge in [-0.3, -0.25) is 0 Å². The molecule has 1 rings (SSSR count). The predicted octanol–water partition coefficient (Wildman–Crippen LogP) is 3.49. The highest BCUT2D eigenvalue weighted by molar-refractivity contribution is 7.44. The molecule has 0 aromatic rings. The molecule has 3 nitrogen and oxygen atoms in total. The molecule has 0 aromatic carbocycles. The van der Waals surface area contributed by atoms with Crippen LogP contribution in [0.15, 0.2) is 24.3 Å². The number of nitrogens with zero attached hydrogens (tertiary/aromatic N) is 1. The van der Waals surface area contributed by atoms with E-state index >= 15 is 0 Å². The number of rotatable bonds is 7. The summed E-state index contributed by atoms with van der Waals surface area (Å²) in [4.78, 5) is 0. The summed E-state index contributed by atoms with van der Waals surface area (Å²) in [6, 6.07) is 0. The Morgan fingerprint density at radius 3 is 2.19 bits per heavy atom. The van der Waals surface area contributed by atoms with Crippen LogP contribution in [0.2, 0.25) is 0 Å². The molecule has 0 aromatic heterocycles. The molecular weight excluding hydrogens is 221 g/mol. The van der Waals surface area contributed by atoms with Gasteiger partial charge in [0.2, 0.25) is 0 Å². The molecule has 0 saturated carbocycles. The van der Waals surface area contributed by atoms with E-state index in [9.17, 15) is 0 Å². The normalized spacial score (nSPS) is 17.9. The summed E-state index contributed by atoms with van der Waals surface area (Å²) < 4.78 is 14.0. The third-order valence-electron chi connectivity index (χ3n) is 2.19. The average Bonchev–Trinajstić information content (AvgIpc) is 2.71. The highest BCUT2D eigenvalue weighted by Gasteiger charge is 2.23. The van der Waals surface area contributed by atoms with E-state index in [0.717, 1.165) is 13.1 Å². The molecule has 0 heterocycles. The van der Waals surface area contributed by atoms with Gasteiger partial charge in [0.1, 0.15) is 6.10 Å². The number of hydrogen-bond donors (Lipinski definition) is 0. The van der Waals surface area contributed by atoms with E-state index in [2.05, 4.69) is 18.5 Å². The fraction of sp³-hybridized carbons (Fsp3) is 0.667. The van der Waals surface area contributed by atoms with Crippen molar-refractivity contribution in [3.8, 4) is 0 Å². The Labute approximate surface area is 100 Å². The maximum absolute atomic E-state index is 5.96. The van der Waals surface area contributed by atoms with Gasteiger partial charge in [-0.15, -0.1) is 0 Å². The highest BCUT2D eigenvalue weighted by atomic mass is 31.2. The fourth-order valence-electron chi connectivity index (χ4n) is 1.38. The zero-order chi connectivity index (χ0) is 12.0. The first-order valence-corrected chi connectivity index (χ1v) is 7.03. The van der Waals surface area contributed by atoms with Crippen LogP contribution in [0.4, 0.5) is 0 Å². The van der Waals surface area contributed by atoms with Crippen LogP contribution < -0.4 is 0 Å². The van der Waals surface area contributed by atoms with Gasteiger partial charge in [-0.2, -0.15) is 0 Å². The lowest BCUT2D eigenvalue weighted by atomic mass is 10.4. The lowest BCUT2D eigenvalue weighted by molar-refractivity contribution is 0.165. The van der Waals surface area contributed by atoms with E-state index in [-0.39, 0.29) is 12.2 Å². The highest BCUT2D eigenvalue weighted by Crippen LogP contribution is 2.45. The first kappa shape index (κ1) is 13.9. The zero-order valence-electron chi connectivity index (χ0n) is 10.6. The fourth-order valence-corrected chi connectivity index (χ4v) is 2.87. The molecular formula is C12H22NO2P. The van der Waals surface area contributed by atoms with Gasteiger partial charge in [-0.1, -0.05) is 38.2 Å². The lowest BCUT2D eigenvalue weighted by Crippen LogP contribution is -2.22. The third-order valence-corrected chi connectivity index (χ3v) is 4.24. The standard InChI is InChI=1S/C12H22NO2P/c1-5-13(6-2)16(14-11(3)4)15-12-9-7-8-10-12/h7-12H,5-6H2,1-4H3. The van der Waals surface area contributed by atoms with E-state index in [1.54, 1.807) is 0 Å². The molecule has 16 heavy (non-hydrogen) atoms. The molecule has 1 aliphatic carbocycles. The van der Waals surface area contributed by atoms with E-state index in [1.807, 2.05) is 38.2 Å². The molecule has 0 saturated heterocycles. The molecule has 0 radical (unpaired) electrons. The minimum Gasteiger partial charge on any atom is -0.319 e. The number of hydrogen-bond acceptors (Lipinski definition) is 3. The van der Waals surface area contributed by atoms with Crippen molar-refractivity contribution in [2.75, 3.05) is 13.1 Å². The second-order valence-electron chi connectivity index (χ2n) is 3.87. The molecule has 0 spiro atoms. The summed E-state index contributed by atoms with van der Waals surface area (Å²) in [5.74, 6) is 0. The molecule has 0 N–H and O–H groups in total. The van der Waals surface area contributed by atoms with E-state index in [1.165, 1.54) is 0 Å². The van der Waals surface area contributed by atoms with Crippen molar-refractivity contribution in [2.45, 2.75) is 39.9 Å². The molecule has 1 aliphatic rings. The van der Waals surface area contributed by atoms with Crippen molar-refractivity contribution in [1.29, 1.82) is 0 Å². The SMILES string of the molecule is CCN(CC)P(OC(C)C)OC1C=CC=C1. The van der Waals surface area contributed by atoms with Gasteiger partial charge >= 0.3 is 0 Å². The van der Waals surface area contributed by atoms with Crippen LogP contribution >= 0.6 is 8.53 Å². The van der Waals surface area contributed by atoms with Crippen molar-refractivity contribution in [1.82, 2.24) is 4.67 Å². The Kier molecular flexibility index (Phi) is 6.22. The van der Waals surface area contributed by atoms with Crippen LogP contribution in [0.25, 0.3) is 0 Å². The van der Waals surface area contributed by atoms with Crippen molar-refractivity contribution in [3.05, 3.63) is 24.3 Å². The van der Waals surface area contributed by atoms with Crippen LogP contribution in [0.3, 0.4) is 0 Å². The Morgan fingerprint density at radius 2 is 1.75 bits per heavy atom. The average molecular weight is 243 g/mol. The summed E-state index contributed by atoms with van der Waals surface area (Å²) in [6.07, 6.45) is 8.38. The molecule has 1 atom stereocenters. The molecule has 1 unspecified atom stereocenters. The maximum Gasteiger partial charge on any atom is 0.259 e. The third kappa shape index (κ3) is 4.34. The molecule has 0 amide bonds. The van der Waals surface area contributed by atoms with Crippen LogP contribution in [-0.2, 0) is 9.05 Å². The minimum absolute atomic E-state index is 0.0745. The van der Waals surface area contributed by atoms with Crippen LogP contribution in [0.1, 0.15) is 27.7 Å². The molecule has 0 fully saturated rings. The summed E-state index contributed by atoms with van der Waals surface area (Å²) in [7, 11) is -0.944. The van der Waals surface area contributed by atoms with Crippen LogP contribution in [-0.4, -0.2) is 30.0 Å². The van der Waals surface area contributed by atoms with Gasteiger partial charge in [0.25, 0.3) is 8.53 Å². The van der Waals surface area contributed by atoms with E-state index in [0.29, 0.717) is 0 Å². The van der Waals surface area contributed by atoms with E-state index in [4.69, 9.17) is 9.05 Å². The van der Waals surface area contributed by atoms with Gasteiger partial charge in [-0.25, -0.2) is 4.67 Å². The van der Waals surface area contributed by atoms with Crippen molar-refractivity contribution >= 4 is 8.53 Å². The lowest BCUT2D eigenvalue weighted by Gasteiger charge is -2.30. The first-order chi connectivity index (χ1) is 7.67. The topological polar surface area (TPSA) is 21.7 Å². The largest absolute Gasteiger partial charge is 0.319 e. The van der Waals surface area contributed by atoms with Gasteiger partial charge in [0.15, 0.2) is 0 Å². The minimum atomic E-state index is -0.944. The molecule has 0 aliphatic heterocycles. The van der Waals surface area contributed by atoms with Crippen LogP contribution in [0, 0.1) is 0 Å². The summed E-state index contributed by atoms with van der Waals surface area (Å²) >= 11 is 0. The summed E-state index contributed by atoms with van der Waals surface area (Å²) in [5, 5.41) is 0. The summed E-state index contributed by atoms with van der Waals surface area (Å²) in [5.41, 5.74) is 0. The monoisotopic (exact) mass is 243 g/mol. The molecule has 0 bridgehead atoms. The van der Waals surface area contributed by atoms with Crippen molar-refractivity contribution in [2.24, 2.45) is 0 Å². The van der Waals surface area contributed by atoms with Gasteiger partial charge in [0, 0.05) is 13.1 Å². The molecule has 4 heteroatoms. The van der Waals surface area contributed by atoms with Crippen molar-refractivity contribution < 1.29 is 9.05 Å². The number of allylic oxidation sites excluding steroid dienone is 2. The Balaban J connectivity index is 2.54. The summed E-state index contributed by atoms with van der Waals surface area (Å²) in [6.45, 7) is 10.3. The van der Waals surface area contributed by atoms with E-state index < -0.39 is 8.53 Å². The Bertz CT molecular complexity index is 237. The van der Waals surface area contributed by atoms with Gasteiger partial charge in [0.05, 0.1) is 6.10 Å². The first-order valence-electron chi connectivity index (χ1n) is 5.90. The Morgan fingerprint density at radius 1 is 1.19 bits per heavy atom. The second-order valence-corrected chi connectivity index (χ2v) is 5.33. The predicted molar refractivity (Wildman–Crippen MR) is 69.2 cm³/mol. The smallest absolute Gasteiger partial charge is 0.259 e. The Hall–Kier alpha value is -0.210.